The summed E-state index contributed by atoms with van der Waals surface area (Å²) < 4.78 is 6.25. The van der Waals surface area contributed by atoms with Gasteiger partial charge in [0.05, 0.1) is 16.3 Å². The van der Waals surface area contributed by atoms with Crippen LogP contribution in [-0.4, -0.2) is 25.3 Å². The van der Waals surface area contributed by atoms with E-state index < -0.39 is 0 Å². The molecule has 0 fully saturated rings. The van der Waals surface area contributed by atoms with Crippen LogP contribution in [0.15, 0.2) is 62.7 Å². The van der Waals surface area contributed by atoms with Gasteiger partial charge in [-0.15, -0.1) is 5.10 Å². The third-order valence-corrected chi connectivity index (χ3v) is 5.36. The van der Waals surface area contributed by atoms with Gasteiger partial charge in [0.25, 0.3) is 5.89 Å². The first kappa shape index (κ1) is 17.3. The van der Waals surface area contributed by atoms with Crippen molar-refractivity contribution in [2.24, 2.45) is 0 Å². The predicted molar refractivity (Wildman–Crippen MR) is 104 cm³/mol. The van der Waals surface area contributed by atoms with Gasteiger partial charge >= 0.3 is 0 Å². The normalized spacial score (nSPS) is 11.0. The molecule has 4 rings (SSSR count). The molecule has 2 aromatic heterocycles. The highest BCUT2D eigenvalue weighted by Crippen LogP contribution is 2.29. The van der Waals surface area contributed by atoms with E-state index in [0.717, 1.165) is 10.0 Å². The quantitative estimate of drug-likeness (QED) is 0.421. The minimum Gasteiger partial charge on any atom is -0.334 e. The predicted octanol–water partition coefficient (Wildman–Crippen LogP) is 5.23. The molecule has 0 saturated carbocycles. The molecule has 4 aromatic rings. The molecule has 0 aliphatic heterocycles. The molecule has 0 amide bonds. The Hall–Kier alpha value is -2.16. The summed E-state index contributed by atoms with van der Waals surface area (Å²) in [5.41, 5.74) is 1.67. The molecule has 26 heavy (non-hydrogen) atoms. The summed E-state index contributed by atoms with van der Waals surface area (Å²) in [7, 11) is 0. The van der Waals surface area contributed by atoms with Gasteiger partial charge in [0.1, 0.15) is 0 Å². The van der Waals surface area contributed by atoms with Gasteiger partial charge in [-0.25, -0.2) is 4.98 Å². The van der Waals surface area contributed by atoms with Crippen molar-refractivity contribution in [2.75, 3.05) is 0 Å². The smallest absolute Gasteiger partial charge is 0.259 e. The lowest BCUT2D eigenvalue weighted by Crippen LogP contribution is -1.86. The summed E-state index contributed by atoms with van der Waals surface area (Å²) in [6.45, 7) is 0. The Balaban J connectivity index is 1.46. The number of halogens is 2. The summed E-state index contributed by atoms with van der Waals surface area (Å²) >= 11 is 11.1. The SMILES string of the molecule is Clc1ccccc1-c1nc(CSc2n[nH]c(-c3ccccc3Br)n2)no1. The van der Waals surface area contributed by atoms with Crippen LogP contribution in [0.3, 0.4) is 0 Å². The fourth-order valence-corrected chi connectivity index (χ4v) is 3.60. The van der Waals surface area contributed by atoms with E-state index in [1.165, 1.54) is 11.8 Å². The van der Waals surface area contributed by atoms with Crippen LogP contribution >= 0.6 is 39.3 Å². The van der Waals surface area contributed by atoms with Crippen LogP contribution in [0.4, 0.5) is 0 Å². The molecule has 130 valence electrons. The zero-order chi connectivity index (χ0) is 17.9. The van der Waals surface area contributed by atoms with Gasteiger partial charge in [0, 0.05) is 10.0 Å². The average Bonchev–Trinajstić information content (AvgIpc) is 3.30. The molecule has 0 saturated heterocycles. The minimum atomic E-state index is 0.398. The van der Waals surface area contributed by atoms with E-state index in [-0.39, 0.29) is 0 Å². The molecule has 0 unspecified atom stereocenters. The first-order valence-electron chi connectivity index (χ1n) is 7.58. The second-order valence-electron chi connectivity index (χ2n) is 5.23. The van der Waals surface area contributed by atoms with E-state index >= 15 is 0 Å². The molecule has 2 aromatic carbocycles. The van der Waals surface area contributed by atoms with Gasteiger partial charge in [-0.1, -0.05) is 74.8 Å². The summed E-state index contributed by atoms with van der Waals surface area (Å²) in [5, 5.41) is 12.3. The lowest BCUT2D eigenvalue weighted by atomic mass is 10.2. The first-order valence-corrected chi connectivity index (χ1v) is 9.74. The number of rotatable bonds is 5. The Morgan fingerprint density at radius 1 is 1.04 bits per heavy atom. The van der Waals surface area contributed by atoms with Crippen molar-refractivity contribution in [3.8, 4) is 22.8 Å². The van der Waals surface area contributed by atoms with Crippen molar-refractivity contribution in [1.82, 2.24) is 25.3 Å². The molecule has 9 heteroatoms. The third-order valence-electron chi connectivity index (χ3n) is 3.50. The van der Waals surface area contributed by atoms with Crippen LogP contribution in [0, 0.1) is 0 Å². The maximum Gasteiger partial charge on any atom is 0.259 e. The second kappa shape index (κ2) is 7.61. The van der Waals surface area contributed by atoms with E-state index in [1.807, 2.05) is 42.5 Å². The number of aromatic amines is 1. The fourth-order valence-electron chi connectivity index (χ4n) is 2.27. The molecule has 1 N–H and O–H groups in total. The van der Waals surface area contributed by atoms with E-state index in [9.17, 15) is 0 Å². The second-order valence-corrected chi connectivity index (χ2v) is 7.43. The largest absolute Gasteiger partial charge is 0.334 e. The van der Waals surface area contributed by atoms with E-state index in [1.54, 1.807) is 6.07 Å². The van der Waals surface area contributed by atoms with Gasteiger partial charge in [-0.3, -0.25) is 5.10 Å². The van der Waals surface area contributed by atoms with Crippen LogP contribution in [0.25, 0.3) is 22.8 Å². The van der Waals surface area contributed by atoms with Crippen LogP contribution < -0.4 is 0 Å². The first-order chi connectivity index (χ1) is 12.7. The van der Waals surface area contributed by atoms with Crippen LogP contribution in [0.2, 0.25) is 5.02 Å². The highest BCUT2D eigenvalue weighted by molar-refractivity contribution is 9.10. The minimum absolute atomic E-state index is 0.398. The summed E-state index contributed by atoms with van der Waals surface area (Å²) in [5.74, 6) is 2.14. The molecule has 0 aliphatic carbocycles. The Kier molecular flexibility index (Phi) is 5.05. The van der Waals surface area contributed by atoms with Crippen molar-refractivity contribution in [2.45, 2.75) is 10.9 Å². The van der Waals surface area contributed by atoms with E-state index in [2.05, 4.69) is 41.3 Å². The number of hydrogen-bond acceptors (Lipinski definition) is 6. The van der Waals surface area contributed by atoms with Gasteiger partial charge in [0.15, 0.2) is 11.6 Å². The number of benzene rings is 2. The molecule has 0 spiro atoms. The molecule has 2 heterocycles. The van der Waals surface area contributed by atoms with Crippen molar-refractivity contribution >= 4 is 39.3 Å². The average molecular weight is 449 g/mol. The highest BCUT2D eigenvalue weighted by atomic mass is 79.9. The van der Waals surface area contributed by atoms with E-state index in [0.29, 0.717) is 39.0 Å². The fraction of sp³-hybridized carbons (Fsp3) is 0.0588. The molecule has 0 atom stereocenters. The zero-order valence-electron chi connectivity index (χ0n) is 13.2. The molecular weight excluding hydrogens is 438 g/mol. The van der Waals surface area contributed by atoms with E-state index in [4.69, 9.17) is 16.1 Å². The molecule has 0 radical (unpaired) electrons. The molecule has 6 nitrogen and oxygen atoms in total. The maximum atomic E-state index is 6.15. The van der Waals surface area contributed by atoms with Gasteiger partial charge in [-0.2, -0.15) is 4.98 Å². The topological polar surface area (TPSA) is 80.5 Å². The lowest BCUT2D eigenvalue weighted by Gasteiger charge is -1.98. The number of H-pyrrole nitrogens is 1. The Bertz CT molecular complexity index is 967. The van der Waals surface area contributed by atoms with Crippen molar-refractivity contribution in [3.63, 3.8) is 0 Å². The van der Waals surface area contributed by atoms with Crippen LogP contribution in [-0.2, 0) is 5.75 Å². The Morgan fingerprint density at radius 2 is 1.81 bits per heavy atom. The number of hydrogen-bond donors (Lipinski definition) is 1. The number of aromatic nitrogens is 5. The van der Waals surface area contributed by atoms with Crippen LogP contribution in [0.5, 0.6) is 0 Å². The van der Waals surface area contributed by atoms with Gasteiger partial charge < -0.3 is 4.52 Å². The Labute approximate surface area is 166 Å². The molecule has 0 aliphatic rings. The number of nitrogens with zero attached hydrogens (tertiary/aromatic N) is 4. The third kappa shape index (κ3) is 3.67. The monoisotopic (exact) mass is 447 g/mol. The standard InChI is InChI=1S/C17H11BrClN5OS/c18-12-7-3-1-5-10(12)15-21-17(23-22-15)26-9-14-20-16(25-24-14)11-6-2-4-8-13(11)19/h1-8H,9H2,(H,21,22,23). The highest BCUT2D eigenvalue weighted by Gasteiger charge is 2.14. The van der Waals surface area contributed by atoms with Crippen LogP contribution in [0.1, 0.15) is 5.82 Å². The van der Waals surface area contributed by atoms with Crippen molar-refractivity contribution in [3.05, 3.63) is 63.9 Å². The number of nitrogens with one attached hydrogen (secondary N) is 1. The summed E-state index contributed by atoms with van der Waals surface area (Å²) in [6, 6.07) is 15.2. The number of thioether (sulfide) groups is 1. The van der Waals surface area contributed by atoms with Gasteiger partial charge in [-0.05, 0) is 18.2 Å². The lowest BCUT2D eigenvalue weighted by molar-refractivity contribution is 0.425. The zero-order valence-corrected chi connectivity index (χ0v) is 16.3. The van der Waals surface area contributed by atoms with Crippen molar-refractivity contribution in [1.29, 1.82) is 0 Å². The van der Waals surface area contributed by atoms with Crippen molar-refractivity contribution < 1.29 is 4.52 Å². The van der Waals surface area contributed by atoms with Gasteiger partial charge in [0.2, 0.25) is 5.16 Å². The summed E-state index contributed by atoms with van der Waals surface area (Å²) in [4.78, 5) is 8.87. The molecular formula is C17H11BrClN5OS. The Morgan fingerprint density at radius 3 is 2.62 bits per heavy atom. The molecule has 0 bridgehead atoms. The summed E-state index contributed by atoms with van der Waals surface area (Å²) in [6.07, 6.45) is 0. The maximum absolute atomic E-state index is 6.15.